The van der Waals surface area contributed by atoms with Gasteiger partial charge in [-0.25, -0.2) is 4.79 Å². The Morgan fingerprint density at radius 2 is 2.06 bits per heavy atom. The Hall–Kier alpha value is -0.970. The van der Waals surface area contributed by atoms with Crippen LogP contribution >= 0.6 is 11.8 Å². The van der Waals surface area contributed by atoms with Crippen molar-refractivity contribution in [2.24, 2.45) is 0 Å². The van der Waals surface area contributed by atoms with Crippen LogP contribution < -0.4 is 0 Å². The predicted molar refractivity (Wildman–Crippen MR) is 68.2 cm³/mol. The van der Waals surface area contributed by atoms with Gasteiger partial charge in [0.05, 0.1) is 12.5 Å². The number of thioether (sulfide) groups is 1. The molecule has 1 radical (unpaired) electrons. The molecule has 0 aromatic rings. The van der Waals surface area contributed by atoms with Gasteiger partial charge in [-0.15, -0.1) is 11.8 Å². The summed E-state index contributed by atoms with van der Waals surface area (Å²) in [4.78, 5) is 24.2. The fraction of sp³-hybridized carbons (Fsp3) is 0.667. The molecular formula is C12H18NO3S. The van der Waals surface area contributed by atoms with Crippen LogP contribution in [0.1, 0.15) is 27.7 Å². The van der Waals surface area contributed by atoms with Gasteiger partial charge in [0.1, 0.15) is 6.04 Å². The Morgan fingerprint density at radius 3 is 2.47 bits per heavy atom. The molecule has 0 N–H and O–H groups in total. The molecule has 0 aromatic carbocycles. The average Bonchev–Trinajstić information content (AvgIpc) is 2.46. The lowest BCUT2D eigenvalue weighted by atomic mass is 10.0. The minimum atomic E-state index is -0.587. The maximum absolute atomic E-state index is 11.8. The van der Waals surface area contributed by atoms with Gasteiger partial charge in [-0.1, -0.05) is 11.6 Å². The third kappa shape index (κ3) is 2.83. The van der Waals surface area contributed by atoms with Gasteiger partial charge in [0.25, 0.3) is 0 Å². The number of carbonyl (C=O) groups excluding carboxylic acids is 2. The summed E-state index contributed by atoms with van der Waals surface area (Å²) in [6.07, 6.45) is 3.82. The Balaban J connectivity index is 3.07. The molecule has 0 bridgehead atoms. The first-order valence-electron chi connectivity index (χ1n) is 5.40. The second kappa shape index (κ2) is 5.12. The molecule has 17 heavy (non-hydrogen) atoms. The van der Waals surface area contributed by atoms with Crippen LogP contribution in [0.25, 0.3) is 0 Å². The van der Waals surface area contributed by atoms with Gasteiger partial charge in [-0.2, -0.15) is 0 Å². The molecule has 1 rings (SSSR count). The van der Waals surface area contributed by atoms with Crippen molar-refractivity contribution in [2.75, 3.05) is 7.11 Å². The minimum absolute atomic E-state index is 0.156. The van der Waals surface area contributed by atoms with E-state index in [4.69, 9.17) is 4.74 Å². The van der Waals surface area contributed by atoms with Crippen LogP contribution in [0, 0.1) is 0 Å². The van der Waals surface area contributed by atoms with E-state index in [0.29, 0.717) is 0 Å². The van der Waals surface area contributed by atoms with E-state index >= 15 is 0 Å². The molecule has 1 amide bonds. The van der Waals surface area contributed by atoms with Crippen LogP contribution in [-0.2, 0) is 14.3 Å². The standard InChI is InChI=1S/C12H18NO3S/c1-8(2)6-9-13(7-14)10(11(15)16-5)12(3,4)17-9/h6,9-10H,1-5H3/t9?,10-/m0/s1. The molecule has 1 aliphatic heterocycles. The number of hydrogen-bond acceptors (Lipinski definition) is 4. The van der Waals surface area contributed by atoms with E-state index in [1.165, 1.54) is 12.0 Å². The van der Waals surface area contributed by atoms with Crippen LogP contribution in [0.3, 0.4) is 0 Å². The zero-order chi connectivity index (χ0) is 13.2. The molecule has 95 valence electrons. The van der Waals surface area contributed by atoms with Crippen molar-refractivity contribution >= 4 is 24.1 Å². The highest BCUT2D eigenvalue weighted by Crippen LogP contribution is 2.44. The van der Waals surface area contributed by atoms with Crippen LogP contribution in [0.2, 0.25) is 0 Å². The van der Waals surface area contributed by atoms with Gasteiger partial charge in [0.15, 0.2) is 0 Å². The maximum atomic E-state index is 11.8. The number of esters is 1. The molecule has 0 spiro atoms. The Bertz CT molecular complexity index is 348. The van der Waals surface area contributed by atoms with E-state index in [2.05, 4.69) is 0 Å². The van der Waals surface area contributed by atoms with Crippen molar-refractivity contribution in [3.8, 4) is 0 Å². The molecule has 2 atom stereocenters. The second-order valence-electron chi connectivity index (χ2n) is 4.78. The lowest BCUT2D eigenvalue weighted by Gasteiger charge is -2.26. The third-order valence-electron chi connectivity index (χ3n) is 2.64. The lowest BCUT2D eigenvalue weighted by molar-refractivity contribution is -0.145. The van der Waals surface area contributed by atoms with Crippen molar-refractivity contribution in [3.63, 3.8) is 0 Å². The number of allylic oxidation sites excluding steroid dienone is 1. The summed E-state index contributed by atoms with van der Waals surface area (Å²) in [6, 6.07) is -0.587. The smallest absolute Gasteiger partial charge is 0.330 e. The third-order valence-corrected chi connectivity index (χ3v) is 4.08. The summed E-state index contributed by atoms with van der Waals surface area (Å²) in [5.41, 5.74) is 1.10. The largest absolute Gasteiger partial charge is 0.467 e. The molecule has 1 fully saturated rings. The molecule has 1 aliphatic rings. The van der Waals surface area contributed by atoms with Gasteiger partial charge < -0.3 is 9.64 Å². The molecule has 5 heteroatoms. The summed E-state index contributed by atoms with van der Waals surface area (Å²) in [6.45, 7) is 7.79. The minimum Gasteiger partial charge on any atom is -0.467 e. The van der Waals surface area contributed by atoms with Crippen molar-refractivity contribution in [1.29, 1.82) is 0 Å². The Kier molecular flexibility index (Phi) is 4.25. The highest BCUT2D eigenvalue weighted by Gasteiger charge is 2.51. The van der Waals surface area contributed by atoms with Gasteiger partial charge in [0.2, 0.25) is 0 Å². The number of carbonyl (C=O) groups is 1. The Morgan fingerprint density at radius 1 is 1.47 bits per heavy atom. The van der Waals surface area contributed by atoms with Crippen molar-refractivity contribution in [3.05, 3.63) is 11.6 Å². The molecule has 0 aromatic heterocycles. The molecule has 4 nitrogen and oxygen atoms in total. The first-order chi connectivity index (χ1) is 7.83. The summed E-state index contributed by atoms with van der Waals surface area (Å²) in [7, 11) is 1.33. The molecule has 1 unspecified atom stereocenters. The summed E-state index contributed by atoms with van der Waals surface area (Å²) < 4.78 is 4.39. The van der Waals surface area contributed by atoms with E-state index < -0.39 is 12.0 Å². The lowest BCUT2D eigenvalue weighted by Crippen LogP contribution is -2.47. The molecule has 1 heterocycles. The zero-order valence-electron chi connectivity index (χ0n) is 10.8. The topological polar surface area (TPSA) is 46.6 Å². The van der Waals surface area contributed by atoms with Crippen LogP contribution in [-0.4, -0.2) is 40.6 Å². The zero-order valence-corrected chi connectivity index (χ0v) is 11.6. The highest BCUT2D eigenvalue weighted by molar-refractivity contribution is 8.01. The van der Waals surface area contributed by atoms with Crippen molar-refractivity contribution in [2.45, 2.75) is 43.9 Å². The van der Waals surface area contributed by atoms with Crippen LogP contribution in [0.15, 0.2) is 11.6 Å². The first kappa shape index (κ1) is 14.1. The van der Waals surface area contributed by atoms with Gasteiger partial charge in [0, 0.05) is 4.75 Å². The highest BCUT2D eigenvalue weighted by atomic mass is 32.2. The summed E-state index contributed by atoms with van der Waals surface area (Å²) in [5.74, 6) is -0.393. The van der Waals surface area contributed by atoms with Gasteiger partial charge >= 0.3 is 12.4 Å². The van der Waals surface area contributed by atoms with E-state index in [9.17, 15) is 9.59 Å². The van der Waals surface area contributed by atoms with Crippen LogP contribution in [0.4, 0.5) is 0 Å². The number of hydrogen-bond donors (Lipinski definition) is 0. The van der Waals surface area contributed by atoms with Crippen LogP contribution in [0.5, 0.6) is 0 Å². The Labute approximate surface area is 106 Å². The average molecular weight is 256 g/mol. The molecule has 0 saturated carbocycles. The maximum Gasteiger partial charge on any atom is 0.330 e. The fourth-order valence-corrected chi connectivity index (χ4v) is 3.51. The first-order valence-corrected chi connectivity index (χ1v) is 6.28. The van der Waals surface area contributed by atoms with Gasteiger partial charge in [-0.05, 0) is 27.7 Å². The predicted octanol–water partition coefficient (Wildman–Crippen LogP) is 1.71. The molecular weight excluding hydrogens is 238 g/mol. The monoisotopic (exact) mass is 256 g/mol. The second-order valence-corrected chi connectivity index (χ2v) is 6.55. The van der Waals surface area contributed by atoms with E-state index in [0.717, 1.165) is 5.57 Å². The van der Waals surface area contributed by atoms with Gasteiger partial charge in [-0.3, -0.25) is 4.79 Å². The number of methoxy groups -OCH3 is 1. The fourth-order valence-electron chi connectivity index (χ4n) is 1.93. The normalized spacial score (nSPS) is 26.5. The summed E-state index contributed by atoms with van der Waals surface area (Å²) in [5, 5.41) is -0.156. The summed E-state index contributed by atoms with van der Waals surface area (Å²) >= 11 is 1.57. The molecule has 1 saturated heterocycles. The number of nitrogens with zero attached hydrogens (tertiary/aromatic N) is 1. The number of amides is 1. The van der Waals surface area contributed by atoms with E-state index in [1.807, 2.05) is 40.2 Å². The number of ether oxygens (including phenoxy) is 1. The number of rotatable bonds is 3. The SMILES string of the molecule is COC(=O)[C@@H]1N([C]=O)C(C=C(C)C)SC1(C)C. The van der Waals surface area contributed by atoms with Crippen molar-refractivity contribution < 1.29 is 14.3 Å². The van der Waals surface area contributed by atoms with E-state index in [1.54, 1.807) is 11.8 Å². The van der Waals surface area contributed by atoms with E-state index in [-0.39, 0.29) is 10.1 Å². The van der Waals surface area contributed by atoms with Crippen molar-refractivity contribution in [1.82, 2.24) is 4.90 Å². The molecule has 0 aliphatic carbocycles. The quantitative estimate of drug-likeness (QED) is 0.570.